The molecule has 0 amide bonds. The van der Waals surface area contributed by atoms with Gasteiger partial charge in [-0.3, -0.25) is 0 Å². The quantitative estimate of drug-likeness (QED) is 0.803. The first-order valence-corrected chi connectivity index (χ1v) is 4.67. The van der Waals surface area contributed by atoms with E-state index in [1.807, 2.05) is 6.92 Å². The highest BCUT2D eigenvalue weighted by Crippen LogP contribution is 2.21. The van der Waals surface area contributed by atoms with Crippen LogP contribution in [0, 0.1) is 5.82 Å². The minimum Gasteiger partial charge on any atom is -0.496 e. The maximum absolute atomic E-state index is 12.8. The lowest BCUT2D eigenvalue weighted by molar-refractivity contribution is 0.169. The predicted octanol–water partition coefficient (Wildman–Crippen LogP) is 2.15. The standard InChI is InChI=1S/C11H15FO2/c1-3-10(13)6-8-4-5-9(12)7-11(8)14-2/h4-5,7,10,13H,3,6H2,1-2H3. The zero-order chi connectivity index (χ0) is 10.6. The smallest absolute Gasteiger partial charge is 0.126 e. The van der Waals surface area contributed by atoms with Gasteiger partial charge in [-0.2, -0.15) is 0 Å². The Bertz CT molecular complexity index is 299. The molecule has 0 fully saturated rings. The van der Waals surface area contributed by atoms with Crippen LogP contribution in [-0.2, 0) is 6.42 Å². The van der Waals surface area contributed by atoms with Gasteiger partial charge >= 0.3 is 0 Å². The fraction of sp³-hybridized carbons (Fsp3) is 0.455. The van der Waals surface area contributed by atoms with E-state index in [-0.39, 0.29) is 5.82 Å². The molecule has 0 aliphatic heterocycles. The van der Waals surface area contributed by atoms with E-state index in [4.69, 9.17) is 4.74 Å². The first kappa shape index (κ1) is 11.0. The van der Waals surface area contributed by atoms with Gasteiger partial charge in [-0.15, -0.1) is 0 Å². The van der Waals surface area contributed by atoms with Gasteiger partial charge in [0.25, 0.3) is 0 Å². The van der Waals surface area contributed by atoms with E-state index in [1.54, 1.807) is 6.07 Å². The summed E-state index contributed by atoms with van der Waals surface area (Å²) in [7, 11) is 1.50. The summed E-state index contributed by atoms with van der Waals surface area (Å²) in [6, 6.07) is 4.35. The monoisotopic (exact) mass is 198 g/mol. The summed E-state index contributed by atoms with van der Waals surface area (Å²) in [5.41, 5.74) is 0.836. The summed E-state index contributed by atoms with van der Waals surface area (Å²) in [4.78, 5) is 0. The van der Waals surface area contributed by atoms with Gasteiger partial charge in [0.2, 0.25) is 0 Å². The minimum absolute atomic E-state index is 0.323. The average Bonchev–Trinajstić information content (AvgIpc) is 2.20. The summed E-state index contributed by atoms with van der Waals surface area (Å²) in [5.74, 6) is 0.175. The van der Waals surface area contributed by atoms with E-state index in [0.29, 0.717) is 18.6 Å². The molecule has 0 aliphatic rings. The molecular weight excluding hydrogens is 183 g/mol. The second-order valence-corrected chi connectivity index (χ2v) is 3.22. The number of methoxy groups -OCH3 is 1. The molecular formula is C11H15FO2. The molecule has 1 aromatic carbocycles. The van der Waals surface area contributed by atoms with Gasteiger partial charge in [0.05, 0.1) is 13.2 Å². The molecule has 0 aromatic heterocycles. The van der Waals surface area contributed by atoms with Gasteiger partial charge in [-0.05, 0) is 18.1 Å². The third-order valence-electron chi connectivity index (χ3n) is 2.18. The Balaban J connectivity index is 2.85. The van der Waals surface area contributed by atoms with Crippen LogP contribution < -0.4 is 4.74 Å². The second kappa shape index (κ2) is 4.96. The summed E-state index contributed by atoms with van der Waals surface area (Å²) >= 11 is 0. The number of hydrogen-bond donors (Lipinski definition) is 1. The van der Waals surface area contributed by atoms with Crippen molar-refractivity contribution in [2.24, 2.45) is 0 Å². The highest BCUT2D eigenvalue weighted by atomic mass is 19.1. The maximum Gasteiger partial charge on any atom is 0.126 e. The fourth-order valence-corrected chi connectivity index (χ4v) is 1.29. The highest BCUT2D eigenvalue weighted by molar-refractivity contribution is 5.34. The molecule has 1 aromatic rings. The van der Waals surface area contributed by atoms with Crippen LogP contribution in [-0.4, -0.2) is 18.3 Å². The van der Waals surface area contributed by atoms with E-state index in [9.17, 15) is 9.50 Å². The Kier molecular flexibility index (Phi) is 3.89. The normalized spacial score (nSPS) is 12.6. The molecule has 1 N–H and O–H groups in total. The van der Waals surface area contributed by atoms with Crippen LogP contribution in [0.4, 0.5) is 4.39 Å². The first-order chi connectivity index (χ1) is 6.67. The van der Waals surface area contributed by atoms with E-state index in [1.165, 1.54) is 19.2 Å². The Labute approximate surface area is 83.3 Å². The molecule has 0 bridgehead atoms. The van der Waals surface area contributed by atoms with Crippen LogP contribution in [0.15, 0.2) is 18.2 Å². The van der Waals surface area contributed by atoms with E-state index in [0.717, 1.165) is 5.56 Å². The summed E-state index contributed by atoms with van der Waals surface area (Å²) < 4.78 is 17.8. The molecule has 2 nitrogen and oxygen atoms in total. The van der Waals surface area contributed by atoms with Crippen LogP contribution >= 0.6 is 0 Å². The molecule has 78 valence electrons. The number of rotatable bonds is 4. The van der Waals surface area contributed by atoms with E-state index in [2.05, 4.69) is 0 Å². The fourth-order valence-electron chi connectivity index (χ4n) is 1.29. The molecule has 1 rings (SSSR count). The van der Waals surface area contributed by atoms with Crippen LogP contribution in [0.2, 0.25) is 0 Å². The van der Waals surface area contributed by atoms with Crippen LogP contribution in [0.25, 0.3) is 0 Å². The lowest BCUT2D eigenvalue weighted by Gasteiger charge is -2.11. The van der Waals surface area contributed by atoms with Crippen molar-refractivity contribution in [1.82, 2.24) is 0 Å². The van der Waals surface area contributed by atoms with Gasteiger partial charge in [-0.1, -0.05) is 13.0 Å². The highest BCUT2D eigenvalue weighted by Gasteiger charge is 2.08. The van der Waals surface area contributed by atoms with Crippen molar-refractivity contribution in [1.29, 1.82) is 0 Å². The van der Waals surface area contributed by atoms with Crippen LogP contribution in [0.1, 0.15) is 18.9 Å². The number of ether oxygens (including phenoxy) is 1. The Morgan fingerprint density at radius 3 is 2.79 bits per heavy atom. The Hall–Kier alpha value is -1.09. The average molecular weight is 198 g/mol. The largest absolute Gasteiger partial charge is 0.496 e. The second-order valence-electron chi connectivity index (χ2n) is 3.22. The predicted molar refractivity (Wildman–Crippen MR) is 53.0 cm³/mol. The van der Waals surface area contributed by atoms with Gasteiger partial charge in [0.15, 0.2) is 0 Å². The third kappa shape index (κ3) is 2.70. The molecule has 3 heteroatoms. The molecule has 14 heavy (non-hydrogen) atoms. The van der Waals surface area contributed by atoms with Crippen molar-refractivity contribution < 1.29 is 14.2 Å². The SMILES string of the molecule is CCC(O)Cc1ccc(F)cc1OC. The zero-order valence-electron chi connectivity index (χ0n) is 8.46. The number of aliphatic hydroxyl groups is 1. The first-order valence-electron chi connectivity index (χ1n) is 4.67. The van der Waals surface area contributed by atoms with Crippen LogP contribution in [0.5, 0.6) is 5.75 Å². The van der Waals surface area contributed by atoms with Crippen molar-refractivity contribution >= 4 is 0 Å². The molecule has 0 spiro atoms. The van der Waals surface area contributed by atoms with Crippen LogP contribution in [0.3, 0.4) is 0 Å². The number of aliphatic hydroxyl groups excluding tert-OH is 1. The summed E-state index contributed by atoms with van der Waals surface area (Å²) in [6.45, 7) is 1.90. The summed E-state index contributed by atoms with van der Waals surface area (Å²) in [5, 5.41) is 9.45. The lowest BCUT2D eigenvalue weighted by atomic mass is 10.1. The third-order valence-corrected chi connectivity index (χ3v) is 2.18. The van der Waals surface area contributed by atoms with Crippen molar-refractivity contribution in [3.8, 4) is 5.75 Å². The molecule has 1 atom stereocenters. The Morgan fingerprint density at radius 1 is 1.50 bits per heavy atom. The number of halogens is 1. The Morgan fingerprint density at radius 2 is 2.21 bits per heavy atom. The maximum atomic E-state index is 12.8. The molecule has 0 aliphatic carbocycles. The van der Waals surface area contributed by atoms with Crippen molar-refractivity contribution in [3.63, 3.8) is 0 Å². The van der Waals surface area contributed by atoms with Gasteiger partial charge in [0.1, 0.15) is 11.6 Å². The minimum atomic E-state index is -0.394. The van der Waals surface area contributed by atoms with Crippen molar-refractivity contribution in [2.75, 3.05) is 7.11 Å². The molecule has 0 radical (unpaired) electrons. The van der Waals surface area contributed by atoms with Gasteiger partial charge < -0.3 is 9.84 Å². The van der Waals surface area contributed by atoms with Crippen molar-refractivity contribution in [3.05, 3.63) is 29.6 Å². The van der Waals surface area contributed by atoms with Gasteiger partial charge in [-0.25, -0.2) is 4.39 Å². The van der Waals surface area contributed by atoms with E-state index >= 15 is 0 Å². The number of hydrogen-bond acceptors (Lipinski definition) is 2. The topological polar surface area (TPSA) is 29.5 Å². The van der Waals surface area contributed by atoms with Gasteiger partial charge in [0, 0.05) is 12.5 Å². The molecule has 1 unspecified atom stereocenters. The summed E-state index contributed by atoms with van der Waals surface area (Å²) in [6.07, 6.45) is 0.787. The van der Waals surface area contributed by atoms with Crippen molar-refractivity contribution in [2.45, 2.75) is 25.9 Å². The molecule has 0 heterocycles. The van der Waals surface area contributed by atoms with E-state index < -0.39 is 6.10 Å². The lowest BCUT2D eigenvalue weighted by Crippen LogP contribution is -2.09. The number of benzene rings is 1. The zero-order valence-corrected chi connectivity index (χ0v) is 8.46. The molecule has 0 saturated heterocycles. The molecule has 0 saturated carbocycles.